The van der Waals surface area contributed by atoms with E-state index in [1.807, 2.05) is 42.2 Å². The number of pyridine rings is 1. The number of aromatic nitrogens is 3. The highest BCUT2D eigenvalue weighted by Crippen LogP contribution is 2.35. The van der Waals surface area contributed by atoms with E-state index in [1.54, 1.807) is 0 Å². The number of hydrogen-bond donors (Lipinski definition) is 0. The molecule has 0 amide bonds. The van der Waals surface area contributed by atoms with E-state index >= 15 is 0 Å². The van der Waals surface area contributed by atoms with E-state index in [0.717, 1.165) is 43.9 Å². The van der Waals surface area contributed by atoms with Gasteiger partial charge in [0.15, 0.2) is 0 Å². The summed E-state index contributed by atoms with van der Waals surface area (Å²) in [6, 6.07) is 4.04. The van der Waals surface area contributed by atoms with Crippen LogP contribution in [0.5, 0.6) is 0 Å². The van der Waals surface area contributed by atoms with Gasteiger partial charge >= 0.3 is 5.97 Å². The Morgan fingerprint density at radius 1 is 1.31 bits per heavy atom. The highest BCUT2D eigenvalue weighted by atomic mass is 16.5. The summed E-state index contributed by atoms with van der Waals surface area (Å²) in [5.41, 5.74) is 3.16. The van der Waals surface area contributed by atoms with Crippen molar-refractivity contribution in [3.8, 4) is 0 Å². The molecule has 29 heavy (non-hydrogen) atoms. The molecule has 1 saturated heterocycles. The highest BCUT2D eigenvalue weighted by Gasteiger charge is 2.35. The number of carbonyl (C=O) groups is 1. The second kappa shape index (κ2) is 8.12. The molecule has 4 heterocycles. The fraction of sp³-hybridized carbons (Fsp3) is 0.571. The number of likely N-dealkylation sites (N-methyl/N-ethyl adjacent to an activating group) is 1. The molecule has 2 aliphatic heterocycles. The molecule has 2 aromatic rings. The number of carbonyl (C=O) groups excluding carboxylic acids is 1. The van der Waals surface area contributed by atoms with Crippen molar-refractivity contribution >= 4 is 5.97 Å². The van der Waals surface area contributed by atoms with Crippen LogP contribution in [0, 0.1) is 5.92 Å². The Morgan fingerprint density at radius 3 is 2.86 bits per heavy atom. The van der Waals surface area contributed by atoms with Gasteiger partial charge in [-0.05, 0) is 25.5 Å². The fourth-order valence-corrected chi connectivity index (χ4v) is 4.74. The van der Waals surface area contributed by atoms with Crippen molar-refractivity contribution in [3.63, 3.8) is 0 Å². The zero-order chi connectivity index (χ0) is 20.5. The third-order valence-electron chi connectivity index (χ3n) is 6.13. The molecule has 4 rings (SSSR count). The molecule has 0 unspecified atom stereocenters. The monoisotopic (exact) mass is 399 g/mol. The Balaban J connectivity index is 1.50. The lowest BCUT2D eigenvalue weighted by molar-refractivity contribution is -0.141. The Bertz CT molecular complexity index is 950. The SMILES string of the molecule is COC(=O)CN(C)Cc1ccc2n(c1=O)C[C@H]1C[C@@H]2CN(Cc2cncn2C)C1. The number of aryl methyl sites for hydroxylation is 1. The molecule has 2 atom stereocenters. The molecule has 156 valence electrons. The van der Waals surface area contributed by atoms with Gasteiger partial charge in [0.25, 0.3) is 5.56 Å². The number of imidazole rings is 1. The van der Waals surface area contributed by atoms with Gasteiger partial charge in [-0.3, -0.25) is 19.4 Å². The van der Waals surface area contributed by atoms with E-state index in [-0.39, 0.29) is 18.1 Å². The van der Waals surface area contributed by atoms with Crippen LogP contribution < -0.4 is 5.56 Å². The van der Waals surface area contributed by atoms with Gasteiger partial charge in [0, 0.05) is 63.1 Å². The second-order valence-corrected chi connectivity index (χ2v) is 8.44. The number of ether oxygens (including phenoxy) is 1. The van der Waals surface area contributed by atoms with Crippen molar-refractivity contribution in [1.29, 1.82) is 0 Å². The lowest BCUT2D eigenvalue weighted by Gasteiger charge is -2.43. The largest absolute Gasteiger partial charge is 0.468 e. The molecule has 1 fully saturated rings. The van der Waals surface area contributed by atoms with Crippen LogP contribution >= 0.6 is 0 Å². The summed E-state index contributed by atoms with van der Waals surface area (Å²) >= 11 is 0. The standard InChI is InChI=1S/C21H29N5O3/c1-23(13-20(27)29-3)10-16-4-5-19-17-6-15(9-26(19)21(16)28)8-25(11-17)12-18-7-22-14-24(18)2/h4-5,7,14-15,17H,6,8-13H2,1-3H3/t15-,17+/m0/s1. The first kappa shape index (κ1) is 19.8. The summed E-state index contributed by atoms with van der Waals surface area (Å²) in [5.74, 6) is 0.564. The first-order chi connectivity index (χ1) is 13.9. The van der Waals surface area contributed by atoms with E-state index in [2.05, 4.69) is 20.5 Å². The lowest BCUT2D eigenvalue weighted by atomic mass is 9.83. The van der Waals surface area contributed by atoms with Crippen LogP contribution in [-0.2, 0) is 36.2 Å². The topological polar surface area (TPSA) is 72.6 Å². The Hall–Kier alpha value is -2.45. The van der Waals surface area contributed by atoms with E-state index in [1.165, 1.54) is 12.8 Å². The average Bonchev–Trinajstić information content (AvgIpc) is 3.08. The van der Waals surface area contributed by atoms with Gasteiger partial charge in [-0.15, -0.1) is 0 Å². The molecule has 8 nitrogen and oxygen atoms in total. The normalized spacial score (nSPS) is 21.2. The number of fused-ring (bicyclic) bond motifs is 4. The quantitative estimate of drug-likeness (QED) is 0.670. The van der Waals surface area contributed by atoms with Crippen LogP contribution in [0.2, 0.25) is 0 Å². The Morgan fingerprint density at radius 2 is 2.14 bits per heavy atom. The van der Waals surface area contributed by atoms with E-state index < -0.39 is 0 Å². The third-order valence-corrected chi connectivity index (χ3v) is 6.13. The van der Waals surface area contributed by atoms with Gasteiger partial charge in [-0.1, -0.05) is 6.07 Å². The van der Waals surface area contributed by atoms with Crippen LogP contribution in [-0.4, -0.2) is 63.7 Å². The van der Waals surface area contributed by atoms with Gasteiger partial charge in [0.1, 0.15) is 0 Å². The summed E-state index contributed by atoms with van der Waals surface area (Å²) in [6.07, 6.45) is 4.91. The van der Waals surface area contributed by atoms with E-state index in [0.29, 0.717) is 18.4 Å². The molecule has 0 spiro atoms. The minimum atomic E-state index is -0.298. The van der Waals surface area contributed by atoms with E-state index in [9.17, 15) is 9.59 Å². The second-order valence-electron chi connectivity index (χ2n) is 8.44. The predicted molar refractivity (Wildman–Crippen MR) is 108 cm³/mol. The summed E-state index contributed by atoms with van der Waals surface area (Å²) in [4.78, 5) is 33.1. The van der Waals surface area contributed by atoms with Crippen LogP contribution in [0.4, 0.5) is 0 Å². The summed E-state index contributed by atoms with van der Waals surface area (Å²) in [7, 11) is 5.23. The fourth-order valence-electron chi connectivity index (χ4n) is 4.74. The van der Waals surface area contributed by atoms with Gasteiger partial charge in [-0.25, -0.2) is 4.98 Å². The molecular weight excluding hydrogens is 370 g/mol. The van der Waals surface area contributed by atoms with Crippen molar-refractivity contribution < 1.29 is 9.53 Å². The minimum Gasteiger partial charge on any atom is -0.468 e. The summed E-state index contributed by atoms with van der Waals surface area (Å²) in [6.45, 7) is 4.23. The average molecular weight is 399 g/mol. The number of likely N-dealkylation sites (tertiary alicyclic amines) is 1. The van der Waals surface area contributed by atoms with Gasteiger partial charge in [0.05, 0.1) is 25.7 Å². The number of piperidine rings is 1. The minimum absolute atomic E-state index is 0.0778. The number of methoxy groups -OCH3 is 1. The summed E-state index contributed by atoms with van der Waals surface area (Å²) < 4.78 is 8.75. The van der Waals surface area contributed by atoms with Crippen LogP contribution in [0.25, 0.3) is 0 Å². The van der Waals surface area contributed by atoms with Crippen molar-refractivity contribution in [2.24, 2.45) is 13.0 Å². The maximum Gasteiger partial charge on any atom is 0.319 e. The molecule has 2 aliphatic rings. The van der Waals surface area contributed by atoms with Crippen LogP contribution in [0.15, 0.2) is 29.5 Å². The van der Waals surface area contributed by atoms with Crippen LogP contribution in [0.3, 0.4) is 0 Å². The van der Waals surface area contributed by atoms with Crippen molar-refractivity contribution in [3.05, 3.63) is 52.0 Å². The smallest absolute Gasteiger partial charge is 0.319 e. The third kappa shape index (κ3) is 4.13. The molecule has 0 aliphatic carbocycles. The maximum absolute atomic E-state index is 13.1. The maximum atomic E-state index is 13.1. The van der Waals surface area contributed by atoms with E-state index in [4.69, 9.17) is 4.74 Å². The van der Waals surface area contributed by atoms with Crippen molar-refractivity contribution in [2.75, 3.05) is 33.8 Å². The Kier molecular flexibility index (Phi) is 5.56. The molecule has 0 aromatic carbocycles. The van der Waals surface area contributed by atoms with Gasteiger partial charge < -0.3 is 13.9 Å². The lowest BCUT2D eigenvalue weighted by Crippen LogP contribution is -2.47. The number of rotatable bonds is 6. The molecular formula is C21H29N5O3. The Labute approximate surface area is 170 Å². The predicted octanol–water partition coefficient (Wildman–Crippen LogP) is 0.806. The van der Waals surface area contributed by atoms with Gasteiger partial charge in [-0.2, -0.15) is 0 Å². The first-order valence-electron chi connectivity index (χ1n) is 10.1. The van der Waals surface area contributed by atoms with Crippen molar-refractivity contribution in [2.45, 2.75) is 32.0 Å². The van der Waals surface area contributed by atoms with Gasteiger partial charge in [0.2, 0.25) is 0 Å². The molecule has 2 aromatic heterocycles. The number of esters is 1. The molecule has 0 radical (unpaired) electrons. The molecule has 0 saturated carbocycles. The summed E-state index contributed by atoms with van der Waals surface area (Å²) in [5, 5.41) is 0. The molecule has 0 N–H and O–H groups in total. The number of hydrogen-bond acceptors (Lipinski definition) is 6. The molecule has 8 heteroatoms. The van der Waals surface area contributed by atoms with Crippen molar-refractivity contribution in [1.82, 2.24) is 23.9 Å². The van der Waals surface area contributed by atoms with Crippen LogP contribution in [0.1, 0.15) is 29.3 Å². The highest BCUT2D eigenvalue weighted by molar-refractivity contribution is 5.71. The zero-order valence-corrected chi connectivity index (χ0v) is 17.4. The number of nitrogens with zero attached hydrogens (tertiary/aromatic N) is 5. The molecule has 2 bridgehead atoms. The zero-order valence-electron chi connectivity index (χ0n) is 17.4. The first-order valence-corrected chi connectivity index (χ1v) is 10.1.